The van der Waals surface area contributed by atoms with E-state index in [2.05, 4.69) is 11.3 Å². The summed E-state index contributed by atoms with van der Waals surface area (Å²) >= 11 is 0. The van der Waals surface area contributed by atoms with E-state index in [-0.39, 0.29) is 6.42 Å². The molecule has 0 radical (unpaired) electrons. The van der Waals surface area contributed by atoms with Gasteiger partial charge in [0.2, 0.25) is 5.91 Å². The van der Waals surface area contributed by atoms with Crippen LogP contribution in [0.3, 0.4) is 0 Å². The first-order valence-electron chi connectivity index (χ1n) is 5.23. The minimum Gasteiger partial charge on any atom is -0.449 e. The molecule has 2 unspecified atom stereocenters. The molecule has 2 amide bonds. The number of rotatable bonds is 4. The van der Waals surface area contributed by atoms with Crippen molar-refractivity contribution in [2.45, 2.75) is 32.6 Å². The Hall–Kier alpha value is -2.18. The van der Waals surface area contributed by atoms with E-state index in [4.69, 9.17) is 4.74 Å². The smallest absolute Gasteiger partial charge is 0.330 e. The summed E-state index contributed by atoms with van der Waals surface area (Å²) in [5.41, 5.74) is 0. The van der Waals surface area contributed by atoms with E-state index >= 15 is 0 Å². The first kappa shape index (κ1) is 13.9. The molecule has 2 atom stereocenters. The molecule has 0 aliphatic carbocycles. The summed E-state index contributed by atoms with van der Waals surface area (Å²) in [4.78, 5) is 45.5. The van der Waals surface area contributed by atoms with Gasteiger partial charge in [-0.15, -0.1) is 0 Å². The quantitative estimate of drug-likeness (QED) is 0.391. The van der Waals surface area contributed by atoms with Crippen LogP contribution in [0.25, 0.3) is 0 Å². The maximum atomic E-state index is 11.8. The Bertz CT molecular complexity index is 416. The van der Waals surface area contributed by atoms with E-state index in [0.29, 0.717) is 0 Å². The molecule has 1 saturated heterocycles. The SMILES string of the molecule is C=CC(=O)OC(C)C(=O)N1C(=O)CC1OC(C)=O. The van der Waals surface area contributed by atoms with Gasteiger partial charge in [-0.2, -0.15) is 0 Å². The van der Waals surface area contributed by atoms with Crippen molar-refractivity contribution in [1.29, 1.82) is 0 Å². The number of nitrogens with zero attached hydrogens (tertiary/aromatic N) is 1. The summed E-state index contributed by atoms with van der Waals surface area (Å²) in [5.74, 6) is -2.57. The monoisotopic (exact) mass is 255 g/mol. The van der Waals surface area contributed by atoms with Crippen molar-refractivity contribution in [3.63, 3.8) is 0 Å². The van der Waals surface area contributed by atoms with E-state index in [0.717, 1.165) is 11.0 Å². The minimum atomic E-state index is -1.14. The van der Waals surface area contributed by atoms with Crippen molar-refractivity contribution in [2.24, 2.45) is 0 Å². The number of hydrogen-bond acceptors (Lipinski definition) is 6. The minimum absolute atomic E-state index is 0.0482. The zero-order chi connectivity index (χ0) is 13.9. The Morgan fingerprint density at radius 2 is 2.11 bits per heavy atom. The number of likely N-dealkylation sites (tertiary alicyclic amines) is 1. The first-order chi connectivity index (χ1) is 8.36. The number of carbonyl (C=O) groups excluding carboxylic acids is 4. The Labute approximate surface area is 103 Å². The van der Waals surface area contributed by atoms with Gasteiger partial charge < -0.3 is 9.47 Å². The lowest BCUT2D eigenvalue weighted by Crippen LogP contribution is -2.59. The van der Waals surface area contributed by atoms with Crippen LogP contribution in [0.5, 0.6) is 0 Å². The molecule has 1 heterocycles. The standard InChI is InChI=1S/C11H13NO6/c1-4-10(15)17-6(2)11(16)12-8(14)5-9(12)18-7(3)13/h4,6,9H,1,5H2,2-3H3. The van der Waals surface area contributed by atoms with Crippen LogP contribution in [0.2, 0.25) is 0 Å². The summed E-state index contributed by atoms with van der Waals surface area (Å²) in [7, 11) is 0. The van der Waals surface area contributed by atoms with Gasteiger partial charge in [0.15, 0.2) is 12.3 Å². The second-order valence-corrected chi connectivity index (χ2v) is 3.65. The molecular weight excluding hydrogens is 242 g/mol. The second kappa shape index (κ2) is 5.44. The zero-order valence-electron chi connectivity index (χ0n) is 10.0. The van der Waals surface area contributed by atoms with E-state index in [1.165, 1.54) is 13.8 Å². The number of esters is 2. The van der Waals surface area contributed by atoms with Crippen LogP contribution in [0.15, 0.2) is 12.7 Å². The van der Waals surface area contributed by atoms with Crippen molar-refractivity contribution >= 4 is 23.8 Å². The highest BCUT2D eigenvalue weighted by Crippen LogP contribution is 2.22. The molecule has 0 saturated carbocycles. The number of carbonyl (C=O) groups is 4. The highest BCUT2D eigenvalue weighted by atomic mass is 16.6. The van der Waals surface area contributed by atoms with Crippen molar-refractivity contribution in [3.8, 4) is 0 Å². The zero-order valence-corrected chi connectivity index (χ0v) is 10.0. The molecule has 1 aliphatic rings. The third-order valence-corrected chi connectivity index (χ3v) is 2.25. The summed E-state index contributed by atoms with van der Waals surface area (Å²) < 4.78 is 9.44. The van der Waals surface area contributed by atoms with Crippen molar-refractivity contribution < 1.29 is 28.7 Å². The average Bonchev–Trinajstić information content (AvgIpc) is 2.27. The lowest BCUT2D eigenvalue weighted by molar-refractivity contribution is -0.191. The van der Waals surface area contributed by atoms with Gasteiger partial charge in [0.05, 0.1) is 6.42 Å². The van der Waals surface area contributed by atoms with Crippen LogP contribution in [0, 0.1) is 0 Å². The maximum absolute atomic E-state index is 11.8. The number of ether oxygens (including phenoxy) is 2. The molecule has 0 aromatic carbocycles. The van der Waals surface area contributed by atoms with Crippen LogP contribution in [-0.2, 0) is 28.7 Å². The highest BCUT2D eigenvalue weighted by Gasteiger charge is 2.45. The topological polar surface area (TPSA) is 90.0 Å². The molecule has 18 heavy (non-hydrogen) atoms. The van der Waals surface area contributed by atoms with Crippen LogP contribution in [-0.4, -0.2) is 41.0 Å². The molecule has 0 aromatic heterocycles. The molecule has 0 bridgehead atoms. The van der Waals surface area contributed by atoms with Gasteiger partial charge in [-0.25, -0.2) is 9.69 Å². The van der Waals surface area contributed by atoms with Gasteiger partial charge in [0, 0.05) is 13.0 Å². The summed E-state index contributed by atoms with van der Waals surface area (Å²) in [6.07, 6.45) is -1.19. The Balaban J connectivity index is 2.64. The fourth-order valence-electron chi connectivity index (χ4n) is 1.41. The summed E-state index contributed by atoms with van der Waals surface area (Å²) in [6, 6.07) is 0. The number of amides is 2. The highest BCUT2D eigenvalue weighted by molar-refractivity contribution is 6.02. The van der Waals surface area contributed by atoms with Gasteiger partial charge >= 0.3 is 11.9 Å². The van der Waals surface area contributed by atoms with E-state index in [9.17, 15) is 19.2 Å². The fraction of sp³-hybridized carbons (Fsp3) is 0.455. The van der Waals surface area contributed by atoms with Gasteiger partial charge in [-0.05, 0) is 6.92 Å². The average molecular weight is 255 g/mol. The Kier molecular flexibility index (Phi) is 4.19. The fourth-order valence-corrected chi connectivity index (χ4v) is 1.41. The van der Waals surface area contributed by atoms with Crippen LogP contribution >= 0.6 is 0 Å². The van der Waals surface area contributed by atoms with Gasteiger partial charge in [-0.1, -0.05) is 6.58 Å². The van der Waals surface area contributed by atoms with E-state index < -0.39 is 36.1 Å². The molecule has 0 spiro atoms. The third kappa shape index (κ3) is 2.93. The maximum Gasteiger partial charge on any atom is 0.330 e. The summed E-state index contributed by atoms with van der Waals surface area (Å²) in [5, 5.41) is 0. The molecule has 1 fully saturated rings. The van der Waals surface area contributed by atoms with E-state index in [1.807, 2.05) is 0 Å². The number of β-lactam (4-membered cyclic amide) rings is 1. The van der Waals surface area contributed by atoms with Crippen molar-refractivity contribution in [1.82, 2.24) is 4.90 Å². The van der Waals surface area contributed by atoms with Crippen molar-refractivity contribution in [2.75, 3.05) is 0 Å². The molecular formula is C11H13NO6. The molecule has 0 N–H and O–H groups in total. The third-order valence-electron chi connectivity index (χ3n) is 2.25. The van der Waals surface area contributed by atoms with Crippen molar-refractivity contribution in [3.05, 3.63) is 12.7 Å². The lowest BCUT2D eigenvalue weighted by Gasteiger charge is -2.38. The molecule has 1 rings (SSSR count). The number of hydrogen-bond donors (Lipinski definition) is 0. The molecule has 7 heteroatoms. The van der Waals surface area contributed by atoms with E-state index in [1.54, 1.807) is 0 Å². The van der Waals surface area contributed by atoms with Gasteiger partial charge in [0.25, 0.3) is 5.91 Å². The largest absolute Gasteiger partial charge is 0.449 e. The van der Waals surface area contributed by atoms with Gasteiger partial charge in [0.1, 0.15) is 0 Å². The normalized spacial score (nSPS) is 19.6. The molecule has 0 aromatic rings. The lowest BCUT2D eigenvalue weighted by atomic mass is 10.1. The number of imide groups is 1. The van der Waals surface area contributed by atoms with Crippen LogP contribution in [0.4, 0.5) is 0 Å². The predicted molar refractivity (Wildman–Crippen MR) is 57.8 cm³/mol. The van der Waals surface area contributed by atoms with Crippen LogP contribution < -0.4 is 0 Å². The second-order valence-electron chi connectivity index (χ2n) is 3.65. The summed E-state index contributed by atoms with van der Waals surface area (Å²) in [6.45, 7) is 5.68. The Morgan fingerprint density at radius 3 is 2.56 bits per heavy atom. The molecule has 7 nitrogen and oxygen atoms in total. The molecule has 98 valence electrons. The molecule has 1 aliphatic heterocycles. The van der Waals surface area contributed by atoms with Gasteiger partial charge in [-0.3, -0.25) is 14.4 Å². The Morgan fingerprint density at radius 1 is 1.50 bits per heavy atom. The van der Waals surface area contributed by atoms with Crippen LogP contribution in [0.1, 0.15) is 20.3 Å². The first-order valence-corrected chi connectivity index (χ1v) is 5.23. The predicted octanol–water partition coefficient (Wildman–Crippen LogP) is -0.248.